The van der Waals surface area contributed by atoms with Crippen molar-refractivity contribution in [1.29, 1.82) is 0 Å². The van der Waals surface area contributed by atoms with E-state index >= 15 is 0 Å². The van der Waals surface area contributed by atoms with E-state index in [2.05, 4.69) is 15.2 Å². The largest absolute Gasteiger partial charge is 0.479 e. The molecule has 0 aromatic carbocycles. The molecule has 0 saturated carbocycles. The van der Waals surface area contributed by atoms with Crippen LogP contribution in [-0.4, -0.2) is 49.0 Å². The number of hydrogen-bond acceptors (Lipinski definition) is 6. The van der Waals surface area contributed by atoms with E-state index in [1.54, 1.807) is 0 Å². The molecule has 1 aromatic heterocycles. The van der Waals surface area contributed by atoms with Gasteiger partial charge in [0.2, 0.25) is 0 Å². The van der Waals surface area contributed by atoms with Gasteiger partial charge in [-0.25, -0.2) is 4.79 Å². The molecule has 0 aliphatic rings. The van der Waals surface area contributed by atoms with E-state index in [4.69, 9.17) is 14.4 Å². The number of hydrogen-bond donors (Lipinski definition) is 2. The highest BCUT2D eigenvalue weighted by molar-refractivity contribution is 5.92. The Balaban J connectivity index is 2.51. The van der Waals surface area contributed by atoms with Crippen LogP contribution >= 0.6 is 0 Å². The summed E-state index contributed by atoms with van der Waals surface area (Å²) in [6.07, 6.45) is -1.10. The third kappa shape index (κ3) is 3.82. The van der Waals surface area contributed by atoms with Crippen LogP contribution in [-0.2, 0) is 20.9 Å². The molecular weight excluding hydrogens is 244 g/mol. The van der Waals surface area contributed by atoms with Crippen molar-refractivity contribution >= 4 is 11.9 Å². The average molecular weight is 258 g/mol. The Labute approximate surface area is 103 Å². The lowest BCUT2D eigenvalue weighted by Crippen LogP contribution is -2.37. The fourth-order valence-corrected chi connectivity index (χ4v) is 1.18. The molecule has 1 unspecified atom stereocenters. The van der Waals surface area contributed by atoms with Gasteiger partial charge in [-0.05, 0) is 0 Å². The number of rotatable bonds is 7. The predicted octanol–water partition coefficient (Wildman–Crippen LogP) is -0.350. The standard InChI is InChI=1S/C10H14N2O6/c1-16-5-6-3-7(12-18-6)9(13)11-4-8(17-2)10(14)15/h3,8H,4-5H2,1-2H3,(H,11,13)(H,14,15). The molecule has 0 spiro atoms. The van der Waals surface area contributed by atoms with Gasteiger partial charge in [0, 0.05) is 20.3 Å². The summed E-state index contributed by atoms with van der Waals surface area (Å²) in [6.45, 7) is 0.0488. The smallest absolute Gasteiger partial charge is 0.334 e. The molecule has 0 saturated heterocycles. The topological polar surface area (TPSA) is 111 Å². The lowest BCUT2D eigenvalue weighted by atomic mass is 10.3. The molecule has 0 fully saturated rings. The third-order valence-electron chi connectivity index (χ3n) is 2.09. The number of ether oxygens (including phenoxy) is 2. The van der Waals surface area contributed by atoms with Crippen LogP contribution in [0.25, 0.3) is 0 Å². The predicted molar refractivity (Wildman–Crippen MR) is 58.0 cm³/mol. The average Bonchev–Trinajstić information content (AvgIpc) is 2.78. The van der Waals surface area contributed by atoms with Crippen LogP contribution in [0.15, 0.2) is 10.6 Å². The summed E-state index contributed by atoms with van der Waals surface area (Å²) in [5, 5.41) is 14.6. The van der Waals surface area contributed by atoms with Gasteiger partial charge < -0.3 is 24.4 Å². The molecule has 18 heavy (non-hydrogen) atoms. The first-order valence-electron chi connectivity index (χ1n) is 5.06. The first-order chi connectivity index (χ1) is 8.58. The SMILES string of the molecule is COCc1cc(C(=O)NCC(OC)C(=O)O)no1. The zero-order chi connectivity index (χ0) is 13.5. The number of carboxylic acids is 1. The number of aromatic nitrogens is 1. The lowest BCUT2D eigenvalue weighted by Gasteiger charge is -2.10. The highest BCUT2D eigenvalue weighted by Crippen LogP contribution is 2.04. The van der Waals surface area contributed by atoms with Gasteiger partial charge >= 0.3 is 5.97 Å². The molecule has 1 atom stereocenters. The fourth-order valence-electron chi connectivity index (χ4n) is 1.18. The third-order valence-corrected chi connectivity index (χ3v) is 2.09. The van der Waals surface area contributed by atoms with Gasteiger partial charge in [-0.2, -0.15) is 0 Å². The van der Waals surface area contributed by atoms with Crippen LogP contribution in [0.3, 0.4) is 0 Å². The molecule has 0 aliphatic heterocycles. The fraction of sp³-hybridized carbons (Fsp3) is 0.500. The van der Waals surface area contributed by atoms with Crippen molar-refractivity contribution in [2.24, 2.45) is 0 Å². The Bertz CT molecular complexity index is 416. The second-order valence-electron chi connectivity index (χ2n) is 3.38. The molecule has 2 N–H and O–H groups in total. The Morgan fingerprint density at radius 3 is 2.83 bits per heavy atom. The minimum atomic E-state index is -1.15. The lowest BCUT2D eigenvalue weighted by molar-refractivity contribution is -0.148. The Morgan fingerprint density at radius 2 is 2.28 bits per heavy atom. The molecule has 8 heteroatoms. The number of methoxy groups -OCH3 is 2. The quantitative estimate of drug-likeness (QED) is 0.687. The van der Waals surface area contributed by atoms with Crippen molar-refractivity contribution in [2.45, 2.75) is 12.7 Å². The molecule has 100 valence electrons. The van der Waals surface area contributed by atoms with Crippen molar-refractivity contribution in [3.05, 3.63) is 17.5 Å². The zero-order valence-electron chi connectivity index (χ0n) is 10.0. The minimum absolute atomic E-state index is 0.0577. The van der Waals surface area contributed by atoms with E-state index in [-0.39, 0.29) is 18.8 Å². The molecule has 0 radical (unpaired) electrons. The van der Waals surface area contributed by atoms with Gasteiger partial charge in [-0.15, -0.1) is 0 Å². The van der Waals surface area contributed by atoms with Crippen LogP contribution in [0.5, 0.6) is 0 Å². The summed E-state index contributed by atoms with van der Waals surface area (Å²) >= 11 is 0. The van der Waals surface area contributed by atoms with Crippen LogP contribution in [0.4, 0.5) is 0 Å². The summed E-state index contributed by atoms with van der Waals surface area (Å²) in [5.41, 5.74) is 0.0577. The van der Waals surface area contributed by atoms with E-state index in [9.17, 15) is 9.59 Å². The van der Waals surface area contributed by atoms with Crippen molar-refractivity contribution in [3.63, 3.8) is 0 Å². The van der Waals surface area contributed by atoms with Gasteiger partial charge in [0.1, 0.15) is 6.61 Å². The van der Waals surface area contributed by atoms with E-state index in [1.165, 1.54) is 20.3 Å². The highest BCUT2D eigenvalue weighted by atomic mass is 16.5. The first kappa shape index (κ1) is 14.1. The highest BCUT2D eigenvalue weighted by Gasteiger charge is 2.19. The monoisotopic (exact) mass is 258 g/mol. The molecule has 1 aromatic rings. The molecule has 0 aliphatic carbocycles. The molecule has 8 nitrogen and oxygen atoms in total. The number of carbonyl (C=O) groups excluding carboxylic acids is 1. The normalized spacial score (nSPS) is 12.1. The Hall–Kier alpha value is -1.93. The summed E-state index contributed by atoms with van der Waals surface area (Å²) in [7, 11) is 2.73. The van der Waals surface area contributed by atoms with Gasteiger partial charge in [-0.1, -0.05) is 5.16 Å². The molecule has 1 heterocycles. The maximum Gasteiger partial charge on any atom is 0.334 e. The summed E-state index contributed by atoms with van der Waals surface area (Å²) in [5.74, 6) is -1.29. The van der Waals surface area contributed by atoms with E-state index in [1.807, 2.05) is 0 Å². The van der Waals surface area contributed by atoms with Crippen LogP contribution in [0.2, 0.25) is 0 Å². The molecule has 0 bridgehead atoms. The number of carbonyl (C=O) groups is 2. The minimum Gasteiger partial charge on any atom is -0.479 e. The zero-order valence-corrected chi connectivity index (χ0v) is 10.0. The van der Waals surface area contributed by atoms with Crippen LogP contribution in [0.1, 0.15) is 16.2 Å². The van der Waals surface area contributed by atoms with Crippen LogP contribution < -0.4 is 5.32 Å². The summed E-state index contributed by atoms with van der Waals surface area (Å²) < 4.78 is 14.3. The van der Waals surface area contributed by atoms with Crippen molar-refractivity contribution in [1.82, 2.24) is 10.5 Å². The summed E-state index contributed by atoms with van der Waals surface area (Å²) in [6, 6.07) is 1.42. The Kier molecular flexibility index (Phi) is 5.28. The number of nitrogens with zero attached hydrogens (tertiary/aromatic N) is 1. The molecule has 1 amide bonds. The van der Waals surface area contributed by atoms with Gasteiger partial charge in [0.05, 0.1) is 6.54 Å². The number of nitrogens with one attached hydrogen (secondary N) is 1. The first-order valence-corrected chi connectivity index (χ1v) is 5.06. The summed E-state index contributed by atoms with van der Waals surface area (Å²) in [4.78, 5) is 22.2. The van der Waals surface area contributed by atoms with Crippen LogP contribution in [0, 0.1) is 0 Å². The number of aliphatic carboxylic acids is 1. The second-order valence-corrected chi connectivity index (χ2v) is 3.38. The Morgan fingerprint density at radius 1 is 1.56 bits per heavy atom. The van der Waals surface area contributed by atoms with Crippen molar-refractivity contribution in [2.75, 3.05) is 20.8 Å². The van der Waals surface area contributed by atoms with E-state index in [0.717, 1.165) is 0 Å². The molecular formula is C10H14N2O6. The van der Waals surface area contributed by atoms with E-state index in [0.29, 0.717) is 5.76 Å². The van der Waals surface area contributed by atoms with E-state index < -0.39 is 18.0 Å². The maximum absolute atomic E-state index is 11.6. The van der Waals surface area contributed by atoms with Gasteiger partial charge in [0.15, 0.2) is 17.6 Å². The van der Waals surface area contributed by atoms with Gasteiger partial charge in [0.25, 0.3) is 5.91 Å². The van der Waals surface area contributed by atoms with Gasteiger partial charge in [-0.3, -0.25) is 4.79 Å². The number of carboxylic acid groups (broad SMARTS) is 1. The number of amides is 1. The molecule has 1 rings (SSSR count). The second kappa shape index (κ2) is 6.72. The van der Waals surface area contributed by atoms with Crippen molar-refractivity contribution in [3.8, 4) is 0 Å². The van der Waals surface area contributed by atoms with Crippen molar-refractivity contribution < 1.29 is 28.7 Å². The maximum atomic E-state index is 11.6.